The number of rotatable bonds is 4. The van der Waals surface area contributed by atoms with Crippen LogP contribution in [0.3, 0.4) is 0 Å². The van der Waals surface area contributed by atoms with E-state index in [4.69, 9.17) is 0 Å². The van der Waals surface area contributed by atoms with Gasteiger partial charge in [0.15, 0.2) is 0 Å². The van der Waals surface area contributed by atoms with E-state index >= 15 is 0 Å². The third-order valence-electron chi connectivity index (χ3n) is 2.40. The van der Waals surface area contributed by atoms with E-state index in [0.717, 1.165) is 10.2 Å². The number of thioether (sulfide) groups is 1. The zero-order valence-electron chi connectivity index (χ0n) is 7.82. The van der Waals surface area contributed by atoms with Crippen molar-refractivity contribution in [3.8, 4) is 0 Å². The standard InChI is InChI=1S/C11H13BrOS/c12-9-3-5-10(6-4-9)14-7-11(13)8-1-2-8/h3-6,8,11,13H,1-2,7H2. The van der Waals surface area contributed by atoms with Crippen LogP contribution in [-0.4, -0.2) is 17.0 Å². The lowest BCUT2D eigenvalue weighted by Gasteiger charge is -2.08. The lowest BCUT2D eigenvalue weighted by atomic mass is 10.3. The molecule has 1 atom stereocenters. The topological polar surface area (TPSA) is 20.2 Å². The maximum absolute atomic E-state index is 9.67. The Bertz CT molecular complexity index is 295. The zero-order chi connectivity index (χ0) is 9.97. The summed E-state index contributed by atoms with van der Waals surface area (Å²) in [4.78, 5) is 1.23. The summed E-state index contributed by atoms with van der Waals surface area (Å²) < 4.78 is 1.10. The Morgan fingerprint density at radius 1 is 1.36 bits per heavy atom. The van der Waals surface area contributed by atoms with E-state index in [1.165, 1.54) is 17.7 Å². The predicted molar refractivity (Wildman–Crippen MR) is 63.6 cm³/mol. The Hall–Kier alpha value is 0.01000. The van der Waals surface area contributed by atoms with E-state index in [1.54, 1.807) is 11.8 Å². The van der Waals surface area contributed by atoms with Gasteiger partial charge in [0.05, 0.1) is 6.10 Å². The highest BCUT2D eigenvalue weighted by atomic mass is 79.9. The molecular formula is C11H13BrOS. The smallest absolute Gasteiger partial charge is 0.0662 e. The van der Waals surface area contributed by atoms with Crippen molar-refractivity contribution < 1.29 is 5.11 Å². The first-order chi connectivity index (χ1) is 6.75. The fourth-order valence-electron chi connectivity index (χ4n) is 1.33. The number of aliphatic hydroxyl groups is 1. The molecule has 1 saturated carbocycles. The molecule has 2 rings (SSSR count). The van der Waals surface area contributed by atoms with Crippen LogP contribution in [0.5, 0.6) is 0 Å². The van der Waals surface area contributed by atoms with Gasteiger partial charge in [-0.25, -0.2) is 0 Å². The Balaban J connectivity index is 1.82. The van der Waals surface area contributed by atoms with Crippen LogP contribution in [0.25, 0.3) is 0 Å². The molecule has 1 aromatic rings. The van der Waals surface area contributed by atoms with Crippen LogP contribution in [0.15, 0.2) is 33.6 Å². The number of benzene rings is 1. The lowest BCUT2D eigenvalue weighted by Crippen LogP contribution is -2.11. The van der Waals surface area contributed by atoms with Crippen LogP contribution in [0, 0.1) is 5.92 Å². The highest BCUT2D eigenvalue weighted by Gasteiger charge is 2.29. The first-order valence-corrected chi connectivity index (χ1v) is 6.60. The first kappa shape index (κ1) is 10.5. The van der Waals surface area contributed by atoms with Crippen molar-refractivity contribution in [1.82, 2.24) is 0 Å². The molecular weight excluding hydrogens is 260 g/mol. The highest BCUT2D eigenvalue weighted by molar-refractivity contribution is 9.10. The SMILES string of the molecule is OC(CSc1ccc(Br)cc1)C1CC1. The van der Waals surface area contributed by atoms with Crippen molar-refractivity contribution in [2.24, 2.45) is 5.92 Å². The molecule has 0 amide bonds. The number of hydrogen-bond donors (Lipinski definition) is 1. The Morgan fingerprint density at radius 2 is 2.00 bits per heavy atom. The predicted octanol–water partition coefficient (Wildman–Crippen LogP) is 3.31. The largest absolute Gasteiger partial charge is 0.392 e. The second-order valence-corrected chi connectivity index (χ2v) is 5.68. The van der Waals surface area contributed by atoms with E-state index in [1.807, 2.05) is 12.1 Å². The van der Waals surface area contributed by atoms with Crippen molar-refractivity contribution >= 4 is 27.7 Å². The third kappa shape index (κ3) is 3.01. The average Bonchev–Trinajstić information content (AvgIpc) is 3.00. The van der Waals surface area contributed by atoms with E-state index in [9.17, 15) is 5.11 Å². The Morgan fingerprint density at radius 3 is 2.57 bits per heavy atom. The normalized spacial score (nSPS) is 18.1. The van der Waals surface area contributed by atoms with Crippen LogP contribution < -0.4 is 0 Å². The summed E-state index contributed by atoms with van der Waals surface area (Å²) in [6, 6.07) is 8.22. The minimum Gasteiger partial charge on any atom is -0.392 e. The summed E-state index contributed by atoms with van der Waals surface area (Å²) in [5.74, 6) is 1.41. The summed E-state index contributed by atoms with van der Waals surface area (Å²) in [5, 5.41) is 9.67. The summed E-state index contributed by atoms with van der Waals surface area (Å²) in [6.45, 7) is 0. The van der Waals surface area contributed by atoms with Gasteiger partial charge < -0.3 is 5.11 Å². The monoisotopic (exact) mass is 272 g/mol. The molecule has 0 saturated heterocycles. The molecule has 76 valence electrons. The first-order valence-electron chi connectivity index (χ1n) is 4.82. The maximum Gasteiger partial charge on any atom is 0.0662 e. The number of halogens is 1. The molecule has 1 unspecified atom stereocenters. The number of aliphatic hydroxyl groups excluding tert-OH is 1. The lowest BCUT2D eigenvalue weighted by molar-refractivity contribution is 0.176. The quantitative estimate of drug-likeness (QED) is 0.849. The van der Waals surface area contributed by atoms with E-state index in [2.05, 4.69) is 28.1 Å². The van der Waals surface area contributed by atoms with Gasteiger partial charge in [0.1, 0.15) is 0 Å². The van der Waals surface area contributed by atoms with Gasteiger partial charge in [-0.1, -0.05) is 15.9 Å². The molecule has 0 bridgehead atoms. The van der Waals surface area contributed by atoms with E-state index in [-0.39, 0.29) is 6.10 Å². The highest BCUT2D eigenvalue weighted by Crippen LogP contribution is 2.35. The second kappa shape index (κ2) is 4.69. The summed E-state index contributed by atoms with van der Waals surface area (Å²) >= 11 is 5.13. The van der Waals surface area contributed by atoms with Crippen molar-refractivity contribution in [3.63, 3.8) is 0 Å². The molecule has 1 fully saturated rings. The van der Waals surface area contributed by atoms with Crippen molar-refractivity contribution in [2.75, 3.05) is 5.75 Å². The molecule has 0 aromatic heterocycles. The molecule has 1 aliphatic rings. The molecule has 1 N–H and O–H groups in total. The van der Waals surface area contributed by atoms with Gasteiger partial charge in [-0.15, -0.1) is 11.8 Å². The second-order valence-electron chi connectivity index (χ2n) is 3.67. The summed E-state index contributed by atoms with van der Waals surface area (Å²) in [5.41, 5.74) is 0. The van der Waals surface area contributed by atoms with Crippen LogP contribution in [0.2, 0.25) is 0 Å². The van der Waals surface area contributed by atoms with Gasteiger partial charge >= 0.3 is 0 Å². The van der Waals surface area contributed by atoms with Crippen molar-refractivity contribution in [1.29, 1.82) is 0 Å². The molecule has 1 aliphatic carbocycles. The Kier molecular flexibility index (Phi) is 3.52. The van der Waals surface area contributed by atoms with Gasteiger partial charge in [-0.2, -0.15) is 0 Å². The molecule has 14 heavy (non-hydrogen) atoms. The van der Waals surface area contributed by atoms with E-state index < -0.39 is 0 Å². The molecule has 0 aliphatic heterocycles. The molecule has 3 heteroatoms. The van der Waals surface area contributed by atoms with Crippen LogP contribution in [-0.2, 0) is 0 Å². The van der Waals surface area contributed by atoms with Gasteiger partial charge in [-0.3, -0.25) is 0 Å². The summed E-state index contributed by atoms with van der Waals surface area (Å²) in [7, 11) is 0. The third-order valence-corrected chi connectivity index (χ3v) is 4.04. The van der Waals surface area contributed by atoms with Gasteiger partial charge in [-0.05, 0) is 43.0 Å². The van der Waals surface area contributed by atoms with Crippen LogP contribution >= 0.6 is 27.7 Å². The minimum atomic E-state index is -0.108. The zero-order valence-corrected chi connectivity index (χ0v) is 10.2. The van der Waals surface area contributed by atoms with Gasteiger partial charge in [0.25, 0.3) is 0 Å². The van der Waals surface area contributed by atoms with Crippen molar-refractivity contribution in [2.45, 2.75) is 23.8 Å². The van der Waals surface area contributed by atoms with Gasteiger partial charge in [0, 0.05) is 15.1 Å². The molecule has 1 aromatic carbocycles. The van der Waals surface area contributed by atoms with E-state index in [0.29, 0.717) is 5.92 Å². The fraction of sp³-hybridized carbons (Fsp3) is 0.455. The fourth-order valence-corrected chi connectivity index (χ4v) is 2.56. The number of hydrogen-bond acceptors (Lipinski definition) is 2. The molecule has 0 spiro atoms. The summed E-state index contributed by atoms with van der Waals surface area (Å²) in [6.07, 6.45) is 2.31. The molecule has 1 nitrogen and oxygen atoms in total. The van der Waals surface area contributed by atoms with Crippen molar-refractivity contribution in [3.05, 3.63) is 28.7 Å². The van der Waals surface area contributed by atoms with Gasteiger partial charge in [0.2, 0.25) is 0 Å². The minimum absolute atomic E-state index is 0.108. The van der Waals surface area contributed by atoms with Crippen LogP contribution in [0.1, 0.15) is 12.8 Å². The molecule has 0 radical (unpaired) electrons. The maximum atomic E-state index is 9.67. The molecule has 0 heterocycles. The van der Waals surface area contributed by atoms with Crippen LogP contribution in [0.4, 0.5) is 0 Å². The average molecular weight is 273 g/mol. The Labute approximate surface area is 97.0 Å².